The van der Waals surface area contributed by atoms with E-state index in [2.05, 4.69) is 36.5 Å². The molecule has 0 radical (unpaired) electrons. The standard InChI is InChI=1S/C21H20N2O3S2/c1-14-2-5-16(6-3-14)17-12-28-21(27)23(17)11-20(24)22-9-8-15-4-7-18-19(10-15)26-13-25-18/h2-7,10,12H,8-9,11,13H2,1H3,(H,22,24). The largest absolute Gasteiger partial charge is 0.454 e. The number of ether oxygens (including phenoxy) is 2. The number of carbonyl (C=O) groups excluding carboxylic acids is 1. The lowest BCUT2D eigenvalue weighted by Crippen LogP contribution is -2.29. The van der Waals surface area contributed by atoms with Gasteiger partial charge in [-0.25, -0.2) is 0 Å². The average Bonchev–Trinajstić information content (AvgIpc) is 3.29. The predicted molar refractivity (Wildman–Crippen MR) is 113 cm³/mol. The van der Waals surface area contributed by atoms with Crippen LogP contribution in [0.1, 0.15) is 11.1 Å². The van der Waals surface area contributed by atoms with Crippen molar-refractivity contribution >= 4 is 29.5 Å². The number of aryl methyl sites for hydroxylation is 1. The fourth-order valence-corrected chi connectivity index (χ4v) is 4.15. The van der Waals surface area contributed by atoms with Crippen molar-refractivity contribution in [1.82, 2.24) is 9.88 Å². The first-order chi connectivity index (χ1) is 13.6. The topological polar surface area (TPSA) is 52.5 Å². The summed E-state index contributed by atoms with van der Waals surface area (Å²) in [6.07, 6.45) is 0.724. The number of nitrogens with one attached hydrogen (secondary N) is 1. The van der Waals surface area contributed by atoms with Crippen LogP contribution in [0.15, 0.2) is 47.8 Å². The molecule has 7 heteroatoms. The molecule has 1 amide bonds. The summed E-state index contributed by atoms with van der Waals surface area (Å²) in [5.41, 5.74) is 4.33. The van der Waals surface area contributed by atoms with Crippen molar-refractivity contribution in [2.75, 3.05) is 13.3 Å². The summed E-state index contributed by atoms with van der Waals surface area (Å²) >= 11 is 6.90. The van der Waals surface area contributed by atoms with Crippen LogP contribution in [0.25, 0.3) is 11.3 Å². The van der Waals surface area contributed by atoms with Gasteiger partial charge in [-0.3, -0.25) is 4.79 Å². The maximum Gasteiger partial charge on any atom is 0.240 e. The van der Waals surface area contributed by atoms with Crippen molar-refractivity contribution < 1.29 is 14.3 Å². The van der Waals surface area contributed by atoms with Gasteiger partial charge in [-0.2, -0.15) is 0 Å². The molecule has 28 heavy (non-hydrogen) atoms. The molecule has 1 aliphatic heterocycles. The molecule has 0 fully saturated rings. The Kier molecular flexibility index (Phi) is 5.45. The van der Waals surface area contributed by atoms with Gasteiger partial charge in [-0.05, 0) is 48.8 Å². The first-order valence-electron chi connectivity index (χ1n) is 9.01. The van der Waals surface area contributed by atoms with E-state index in [1.54, 1.807) is 0 Å². The predicted octanol–water partition coefficient (Wildman–Crippen LogP) is 4.34. The van der Waals surface area contributed by atoms with Crippen molar-refractivity contribution in [2.24, 2.45) is 0 Å². The van der Waals surface area contributed by atoms with E-state index >= 15 is 0 Å². The fourth-order valence-electron chi connectivity index (χ4n) is 3.07. The minimum atomic E-state index is -0.0522. The second-order valence-corrected chi connectivity index (χ2v) is 8.13. The highest BCUT2D eigenvalue weighted by Gasteiger charge is 2.14. The van der Waals surface area contributed by atoms with E-state index in [1.807, 2.05) is 28.1 Å². The summed E-state index contributed by atoms with van der Waals surface area (Å²) < 4.78 is 13.3. The van der Waals surface area contributed by atoms with E-state index in [0.29, 0.717) is 10.5 Å². The van der Waals surface area contributed by atoms with Crippen LogP contribution in [-0.2, 0) is 17.8 Å². The Balaban J connectivity index is 1.37. The Morgan fingerprint density at radius 1 is 1.18 bits per heavy atom. The molecule has 3 aromatic rings. The number of fused-ring (bicyclic) bond motifs is 1. The highest BCUT2D eigenvalue weighted by Crippen LogP contribution is 2.32. The third-order valence-corrected chi connectivity index (χ3v) is 5.88. The van der Waals surface area contributed by atoms with Crippen LogP contribution in [0.5, 0.6) is 11.5 Å². The molecule has 1 aliphatic rings. The normalized spacial score (nSPS) is 12.2. The lowest BCUT2D eigenvalue weighted by Gasteiger charge is -2.10. The van der Waals surface area contributed by atoms with Gasteiger partial charge < -0.3 is 19.4 Å². The molecule has 0 atom stereocenters. The molecule has 0 aliphatic carbocycles. The number of rotatable bonds is 6. The molecule has 0 unspecified atom stereocenters. The van der Waals surface area contributed by atoms with Crippen LogP contribution in [0, 0.1) is 10.9 Å². The van der Waals surface area contributed by atoms with E-state index in [1.165, 1.54) is 16.9 Å². The summed E-state index contributed by atoms with van der Waals surface area (Å²) in [6, 6.07) is 14.1. The SMILES string of the molecule is Cc1ccc(-c2csc(=S)n2CC(=O)NCCc2ccc3c(c2)OCO3)cc1. The summed E-state index contributed by atoms with van der Waals surface area (Å²) in [7, 11) is 0. The zero-order chi connectivity index (χ0) is 19.5. The Labute approximate surface area is 172 Å². The molecular weight excluding hydrogens is 392 g/mol. The molecular formula is C21H20N2O3S2. The lowest BCUT2D eigenvalue weighted by molar-refractivity contribution is -0.121. The quantitative estimate of drug-likeness (QED) is 0.612. The number of amides is 1. The Hall–Kier alpha value is -2.64. The number of carbonyl (C=O) groups is 1. The summed E-state index contributed by atoms with van der Waals surface area (Å²) in [5, 5.41) is 4.99. The van der Waals surface area contributed by atoms with Crippen molar-refractivity contribution in [3.63, 3.8) is 0 Å². The third-order valence-electron chi connectivity index (χ3n) is 4.60. The second kappa shape index (κ2) is 8.16. The van der Waals surface area contributed by atoms with Crippen LogP contribution in [-0.4, -0.2) is 23.8 Å². The number of thiazole rings is 1. The maximum atomic E-state index is 12.5. The van der Waals surface area contributed by atoms with E-state index in [4.69, 9.17) is 21.7 Å². The smallest absolute Gasteiger partial charge is 0.240 e. The van der Waals surface area contributed by atoms with Crippen LogP contribution < -0.4 is 14.8 Å². The minimum absolute atomic E-state index is 0.0522. The molecule has 0 saturated carbocycles. The molecule has 144 valence electrons. The van der Waals surface area contributed by atoms with E-state index in [9.17, 15) is 4.79 Å². The molecule has 2 aromatic carbocycles. The van der Waals surface area contributed by atoms with E-state index in [-0.39, 0.29) is 19.2 Å². The van der Waals surface area contributed by atoms with Crippen LogP contribution >= 0.6 is 23.6 Å². The van der Waals surface area contributed by atoms with E-state index in [0.717, 1.165) is 34.7 Å². The highest BCUT2D eigenvalue weighted by atomic mass is 32.1. The third kappa shape index (κ3) is 4.10. The van der Waals surface area contributed by atoms with E-state index < -0.39 is 0 Å². The van der Waals surface area contributed by atoms with Gasteiger partial charge in [0.15, 0.2) is 15.5 Å². The van der Waals surface area contributed by atoms with Gasteiger partial charge in [0.05, 0.1) is 5.69 Å². The van der Waals surface area contributed by atoms with Gasteiger partial charge in [0.1, 0.15) is 6.54 Å². The van der Waals surface area contributed by atoms with Crippen LogP contribution in [0.4, 0.5) is 0 Å². The highest BCUT2D eigenvalue weighted by molar-refractivity contribution is 7.73. The van der Waals surface area contributed by atoms with Crippen LogP contribution in [0.3, 0.4) is 0 Å². The lowest BCUT2D eigenvalue weighted by atomic mass is 10.1. The Bertz CT molecular complexity index is 1050. The molecule has 1 aromatic heterocycles. The molecule has 4 rings (SSSR count). The fraction of sp³-hybridized carbons (Fsp3) is 0.238. The number of aromatic nitrogens is 1. The van der Waals surface area contributed by atoms with Gasteiger partial charge >= 0.3 is 0 Å². The number of hydrogen-bond acceptors (Lipinski definition) is 5. The first kappa shape index (κ1) is 18.7. The summed E-state index contributed by atoms with van der Waals surface area (Å²) in [4.78, 5) is 12.5. The van der Waals surface area contributed by atoms with Crippen molar-refractivity contribution in [1.29, 1.82) is 0 Å². The maximum absolute atomic E-state index is 12.5. The van der Waals surface area contributed by atoms with Crippen LogP contribution in [0.2, 0.25) is 0 Å². The van der Waals surface area contributed by atoms with Crippen molar-refractivity contribution in [3.8, 4) is 22.8 Å². The number of benzene rings is 2. The molecule has 1 N–H and O–H groups in total. The second-order valence-electron chi connectivity index (χ2n) is 6.63. The van der Waals surface area contributed by atoms with Gasteiger partial charge in [0, 0.05) is 11.9 Å². The zero-order valence-electron chi connectivity index (χ0n) is 15.4. The van der Waals surface area contributed by atoms with Gasteiger partial charge in [-0.1, -0.05) is 35.9 Å². The molecule has 0 spiro atoms. The summed E-state index contributed by atoms with van der Waals surface area (Å²) in [5.74, 6) is 1.48. The van der Waals surface area contributed by atoms with Gasteiger partial charge in [-0.15, -0.1) is 11.3 Å². The minimum Gasteiger partial charge on any atom is -0.454 e. The number of hydrogen-bond donors (Lipinski definition) is 1. The summed E-state index contributed by atoms with van der Waals surface area (Å²) in [6.45, 7) is 3.08. The van der Waals surface area contributed by atoms with Gasteiger partial charge in [0.25, 0.3) is 0 Å². The van der Waals surface area contributed by atoms with Crippen molar-refractivity contribution in [2.45, 2.75) is 19.9 Å². The molecule has 0 bridgehead atoms. The Morgan fingerprint density at radius 2 is 1.96 bits per heavy atom. The zero-order valence-corrected chi connectivity index (χ0v) is 17.1. The Morgan fingerprint density at radius 3 is 2.79 bits per heavy atom. The van der Waals surface area contributed by atoms with Gasteiger partial charge in [0.2, 0.25) is 12.7 Å². The molecule has 5 nitrogen and oxygen atoms in total. The average molecular weight is 413 g/mol. The van der Waals surface area contributed by atoms with Crippen molar-refractivity contribution in [3.05, 3.63) is 62.9 Å². The molecule has 0 saturated heterocycles. The monoisotopic (exact) mass is 412 g/mol. The molecule has 2 heterocycles. The number of nitrogens with zero attached hydrogens (tertiary/aromatic N) is 1. The first-order valence-corrected chi connectivity index (χ1v) is 10.3.